The quantitative estimate of drug-likeness (QED) is 0.708. The maximum atomic E-state index is 10.4. The van der Waals surface area contributed by atoms with Gasteiger partial charge in [-0.25, -0.2) is 0 Å². The predicted octanol–water partition coefficient (Wildman–Crippen LogP) is 4.47. The molecular weight excluding hydrogens is 444 g/mol. The lowest BCUT2D eigenvalue weighted by molar-refractivity contribution is -0.288. The van der Waals surface area contributed by atoms with Crippen LogP contribution in [-0.4, -0.2) is 20.1 Å². The molecule has 2 aliphatic heterocycles. The van der Waals surface area contributed by atoms with Crippen molar-refractivity contribution in [3.05, 3.63) is 58.6 Å². The van der Waals surface area contributed by atoms with Crippen LogP contribution in [-0.2, 0) is 15.3 Å². The van der Waals surface area contributed by atoms with E-state index in [2.05, 4.69) is 6.07 Å². The summed E-state index contributed by atoms with van der Waals surface area (Å²) in [4.78, 5) is 0. The summed E-state index contributed by atoms with van der Waals surface area (Å²) in [5.74, 6) is -2.39. The van der Waals surface area contributed by atoms with E-state index in [1.54, 1.807) is 49.4 Å². The number of hydrogen-bond acceptors (Lipinski definition) is 8. The summed E-state index contributed by atoms with van der Waals surface area (Å²) in [6.07, 6.45) is -1.31. The minimum Gasteiger partial charge on any atom is -0.493 e. The topological polar surface area (TPSA) is 132 Å². The highest BCUT2D eigenvalue weighted by Crippen LogP contribution is 2.69. The van der Waals surface area contributed by atoms with Gasteiger partial charge in [0.25, 0.3) is 0 Å². The van der Waals surface area contributed by atoms with Crippen LogP contribution >= 0.6 is 11.6 Å². The van der Waals surface area contributed by atoms with E-state index in [9.17, 15) is 15.8 Å². The molecule has 2 bridgehead atoms. The third kappa shape index (κ3) is 2.61. The number of methoxy groups -OCH3 is 2. The fraction of sp³-hybridized carbons (Fsp3) is 0.333. The molecule has 0 amide bonds. The Balaban J connectivity index is 2.07. The molecule has 33 heavy (non-hydrogen) atoms. The Hall–Kier alpha value is -3.77. The Morgan fingerprint density at radius 1 is 1.00 bits per heavy atom. The number of hydrogen-bond donors (Lipinski definition) is 1. The van der Waals surface area contributed by atoms with Crippen LogP contribution in [0.5, 0.6) is 11.5 Å². The van der Waals surface area contributed by atoms with Crippen molar-refractivity contribution in [2.45, 2.75) is 18.8 Å². The highest BCUT2D eigenvalue weighted by atomic mass is 35.5. The molecule has 9 heteroatoms. The van der Waals surface area contributed by atoms with E-state index < -0.39 is 34.5 Å². The van der Waals surface area contributed by atoms with Gasteiger partial charge >= 0.3 is 0 Å². The van der Waals surface area contributed by atoms with Crippen molar-refractivity contribution in [1.29, 1.82) is 21.2 Å². The second-order valence-electron chi connectivity index (χ2n) is 7.86. The lowest BCUT2D eigenvalue weighted by Gasteiger charge is -2.49. The number of fused-ring (bicyclic) bond motifs is 2. The van der Waals surface area contributed by atoms with E-state index in [0.29, 0.717) is 21.9 Å². The molecule has 4 atom stereocenters. The minimum atomic E-state index is -2.12. The highest BCUT2D eigenvalue weighted by molar-refractivity contribution is 6.30. The molecule has 2 saturated heterocycles. The molecule has 8 nitrogen and oxygen atoms in total. The fourth-order valence-corrected chi connectivity index (χ4v) is 5.07. The first-order valence-electron chi connectivity index (χ1n) is 9.98. The van der Waals surface area contributed by atoms with Crippen LogP contribution in [0.25, 0.3) is 0 Å². The van der Waals surface area contributed by atoms with Crippen molar-refractivity contribution in [3.8, 4) is 29.7 Å². The van der Waals surface area contributed by atoms with Gasteiger partial charge in [-0.2, -0.15) is 15.8 Å². The average Bonchev–Trinajstić information content (AvgIpc) is 3.00. The summed E-state index contributed by atoms with van der Waals surface area (Å²) in [6, 6.07) is 17.7. The minimum absolute atomic E-state index is 0.250. The smallest absolute Gasteiger partial charge is 0.244 e. The van der Waals surface area contributed by atoms with Crippen LogP contribution in [0.3, 0.4) is 0 Å². The fourth-order valence-electron chi connectivity index (χ4n) is 4.95. The zero-order valence-corrected chi connectivity index (χ0v) is 18.8. The van der Waals surface area contributed by atoms with Gasteiger partial charge in [0.2, 0.25) is 17.1 Å². The largest absolute Gasteiger partial charge is 0.493 e. The van der Waals surface area contributed by atoms with Crippen molar-refractivity contribution in [1.82, 2.24) is 0 Å². The molecule has 0 aromatic heterocycles. The average molecular weight is 463 g/mol. The molecule has 0 radical (unpaired) electrons. The lowest BCUT2D eigenvalue weighted by atomic mass is 9.53. The van der Waals surface area contributed by atoms with Gasteiger partial charge in [-0.05, 0) is 18.2 Å². The Kier molecular flexibility index (Phi) is 5.21. The Labute approximate surface area is 195 Å². The van der Waals surface area contributed by atoms with E-state index in [1.807, 2.05) is 12.1 Å². The monoisotopic (exact) mass is 462 g/mol. The van der Waals surface area contributed by atoms with Crippen molar-refractivity contribution >= 4 is 17.5 Å². The van der Waals surface area contributed by atoms with Crippen LogP contribution in [0.1, 0.15) is 24.2 Å². The molecule has 0 spiro atoms. The van der Waals surface area contributed by atoms with Gasteiger partial charge < -0.3 is 18.9 Å². The Morgan fingerprint density at radius 3 is 2.21 bits per heavy atom. The van der Waals surface area contributed by atoms with Crippen LogP contribution in [0.2, 0.25) is 5.02 Å². The van der Waals surface area contributed by atoms with E-state index in [4.69, 9.17) is 36.0 Å². The number of rotatable bonds is 4. The predicted molar refractivity (Wildman–Crippen MR) is 116 cm³/mol. The van der Waals surface area contributed by atoms with E-state index in [0.717, 1.165) is 0 Å². The zero-order valence-electron chi connectivity index (χ0n) is 18.0. The van der Waals surface area contributed by atoms with Crippen LogP contribution in [0.15, 0.2) is 42.5 Å². The highest BCUT2D eigenvalue weighted by Gasteiger charge is 2.80. The summed E-state index contributed by atoms with van der Waals surface area (Å²) in [7, 11) is 2.89. The molecule has 2 fully saturated rings. The molecule has 2 heterocycles. The SMILES string of the molecule is COc1cccc(C2OC3(c4ccc(Cl)cc4)OC(=N)C(C#N)(C3C)C2(C#N)C#N)c1OC. The number of nitrogens with zero attached hydrogens (tertiary/aromatic N) is 3. The van der Waals surface area contributed by atoms with E-state index in [-0.39, 0.29) is 5.75 Å². The third-order valence-corrected chi connectivity index (χ3v) is 6.88. The van der Waals surface area contributed by atoms with E-state index >= 15 is 0 Å². The third-order valence-electron chi connectivity index (χ3n) is 6.63. The Morgan fingerprint density at radius 2 is 1.67 bits per heavy atom. The molecule has 0 saturated carbocycles. The van der Waals surface area contributed by atoms with E-state index in [1.165, 1.54) is 14.2 Å². The first-order chi connectivity index (χ1) is 15.8. The molecule has 0 aliphatic carbocycles. The van der Waals surface area contributed by atoms with Gasteiger partial charge in [-0.1, -0.05) is 42.8 Å². The number of benzene rings is 2. The molecule has 166 valence electrons. The maximum Gasteiger partial charge on any atom is 0.244 e. The molecule has 1 N–H and O–H groups in total. The second kappa shape index (κ2) is 7.67. The van der Waals surface area contributed by atoms with Gasteiger partial charge in [-0.15, -0.1) is 0 Å². The van der Waals surface area contributed by atoms with Crippen molar-refractivity contribution < 1.29 is 18.9 Å². The first kappa shape index (κ1) is 22.4. The molecule has 2 aromatic carbocycles. The lowest BCUT2D eigenvalue weighted by Crippen LogP contribution is -2.57. The van der Waals surface area contributed by atoms with Gasteiger partial charge in [-0.3, -0.25) is 5.41 Å². The second-order valence-corrected chi connectivity index (χ2v) is 8.30. The molecule has 2 aromatic rings. The number of ether oxygens (including phenoxy) is 4. The summed E-state index contributed by atoms with van der Waals surface area (Å²) in [5.41, 5.74) is -3.22. The number of halogens is 1. The zero-order chi connectivity index (χ0) is 24.0. The Bertz CT molecular complexity index is 1250. The van der Waals surface area contributed by atoms with Crippen LogP contribution < -0.4 is 9.47 Å². The van der Waals surface area contributed by atoms with Gasteiger partial charge in [0.15, 0.2) is 16.9 Å². The first-order valence-corrected chi connectivity index (χ1v) is 10.4. The summed E-state index contributed by atoms with van der Waals surface area (Å²) in [6.45, 7) is 1.64. The standard InChI is InChI=1S/C24H19ClN4O4/c1-14-23(13-28)21(29)33-24(14,15-7-9-16(25)10-8-15)32-20(22(23,11-26)12-27)17-5-4-6-18(30-2)19(17)31-3/h4-10,14,20,29H,1-3H3. The molecule has 4 unspecified atom stereocenters. The van der Waals surface area contributed by atoms with Gasteiger partial charge in [0.05, 0.1) is 38.3 Å². The number of nitrogens with one attached hydrogen (secondary N) is 1. The van der Waals surface area contributed by atoms with Gasteiger partial charge in [0, 0.05) is 16.1 Å². The summed E-state index contributed by atoms with van der Waals surface area (Å²) < 4.78 is 23.4. The summed E-state index contributed by atoms with van der Waals surface area (Å²) >= 11 is 6.06. The summed E-state index contributed by atoms with van der Waals surface area (Å²) in [5, 5.41) is 40.3. The molecule has 2 aliphatic rings. The van der Waals surface area contributed by atoms with Gasteiger partial charge in [0.1, 0.15) is 6.10 Å². The van der Waals surface area contributed by atoms with Crippen LogP contribution in [0, 0.1) is 56.2 Å². The maximum absolute atomic E-state index is 10.4. The number of para-hydroxylation sites is 1. The molecular formula is C24H19ClN4O4. The normalized spacial score (nSPS) is 29.2. The molecule has 4 rings (SSSR count). The van der Waals surface area contributed by atoms with Crippen molar-refractivity contribution in [2.75, 3.05) is 14.2 Å². The van der Waals surface area contributed by atoms with Crippen LogP contribution in [0.4, 0.5) is 0 Å². The number of nitriles is 3. The van der Waals surface area contributed by atoms with Crippen molar-refractivity contribution in [3.63, 3.8) is 0 Å². The van der Waals surface area contributed by atoms with Crippen molar-refractivity contribution in [2.24, 2.45) is 16.7 Å².